The Balaban J connectivity index is 2.89. The third-order valence-electron chi connectivity index (χ3n) is 1.15. The Bertz CT molecular complexity index is 226. The first-order chi connectivity index (χ1) is 4.83. The van der Waals surface area contributed by atoms with E-state index in [4.69, 9.17) is 5.11 Å². The van der Waals surface area contributed by atoms with Gasteiger partial charge in [-0.3, -0.25) is 0 Å². The van der Waals surface area contributed by atoms with Gasteiger partial charge in [0.1, 0.15) is 5.75 Å². The molecule has 0 radical (unpaired) electrons. The summed E-state index contributed by atoms with van der Waals surface area (Å²) in [6.45, 7) is 0. The Morgan fingerprint density at radius 3 is 2.30 bits per heavy atom. The number of hydrogen-bond donors (Lipinski definition) is 1. The minimum Gasteiger partial charge on any atom is -0.508 e. The fraction of sp³-hybridized carbons (Fsp3) is 0. The van der Waals surface area contributed by atoms with Crippen LogP contribution in [0.3, 0.4) is 0 Å². The Labute approximate surface area is 58.4 Å². The van der Waals surface area contributed by atoms with Crippen molar-refractivity contribution in [2.75, 3.05) is 0 Å². The summed E-state index contributed by atoms with van der Waals surface area (Å²) in [5.74, 6) is 0.191. The van der Waals surface area contributed by atoms with E-state index < -0.39 is 0 Å². The van der Waals surface area contributed by atoms with E-state index in [1.54, 1.807) is 12.1 Å². The molecule has 0 saturated heterocycles. The summed E-state index contributed by atoms with van der Waals surface area (Å²) >= 11 is 0. The fourth-order valence-electron chi connectivity index (χ4n) is 0.658. The lowest BCUT2D eigenvalue weighted by atomic mass is 10.2. The van der Waals surface area contributed by atoms with E-state index in [-0.39, 0.29) is 5.75 Å². The first-order valence-electron chi connectivity index (χ1n) is 2.89. The molecule has 0 fully saturated rings. The molecule has 10 heavy (non-hydrogen) atoms. The second-order valence-corrected chi connectivity index (χ2v) is 1.88. The van der Waals surface area contributed by atoms with Gasteiger partial charge in [0.25, 0.3) is 0 Å². The monoisotopic (exact) mass is 138 g/mol. The van der Waals surface area contributed by atoms with E-state index in [1.165, 1.54) is 18.2 Å². The molecule has 0 aromatic heterocycles. The number of halogens is 1. The smallest absolute Gasteiger partial charge is 0.115 e. The van der Waals surface area contributed by atoms with Crippen LogP contribution in [0.5, 0.6) is 5.75 Å². The number of benzene rings is 1. The van der Waals surface area contributed by atoms with Gasteiger partial charge in [0.05, 0.1) is 6.33 Å². The van der Waals surface area contributed by atoms with Crippen LogP contribution in [0.2, 0.25) is 0 Å². The van der Waals surface area contributed by atoms with E-state index >= 15 is 0 Å². The highest BCUT2D eigenvalue weighted by atomic mass is 19.1. The van der Waals surface area contributed by atoms with Crippen molar-refractivity contribution in [3.05, 3.63) is 36.2 Å². The molecule has 0 amide bonds. The zero-order chi connectivity index (χ0) is 7.40. The van der Waals surface area contributed by atoms with Gasteiger partial charge in [-0.15, -0.1) is 0 Å². The number of aromatic hydroxyl groups is 1. The van der Waals surface area contributed by atoms with Gasteiger partial charge < -0.3 is 5.11 Å². The summed E-state index contributed by atoms with van der Waals surface area (Å²) in [5, 5.41) is 8.81. The lowest BCUT2D eigenvalue weighted by Gasteiger charge is -1.91. The molecule has 0 unspecified atom stereocenters. The summed E-state index contributed by atoms with van der Waals surface area (Å²) in [6.07, 6.45) is 1.78. The van der Waals surface area contributed by atoms with Crippen LogP contribution in [0.15, 0.2) is 30.6 Å². The van der Waals surface area contributed by atoms with Gasteiger partial charge in [-0.25, -0.2) is 4.39 Å². The van der Waals surface area contributed by atoms with E-state index in [1.807, 2.05) is 0 Å². The Kier molecular flexibility index (Phi) is 2.05. The molecule has 1 N–H and O–H groups in total. The summed E-state index contributed by atoms with van der Waals surface area (Å²) in [6, 6.07) is 6.28. The molecule has 0 bridgehead atoms. The Hall–Kier alpha value is -1.31. The van der Waals surface area contributed by atoms with Gasteiger partial charge in [-0.2, -0.15) is 0 Å². The van der Waals surface area contributed by atoms with Crippen molar-refractivity contribution < 1.29 is 9.50 Å². The van der Waals surface area contributed by atoms with Gasteiger partial charge >= 0.3 is 0 Å². The second-order valence-electron chi connectivity index (χ2n) is 1.88. The van der Waals surface area contributed by atoms with E-state index in [0.29, 0.717) is 6.33 Å². The van der Waals surface area contributed by atoms with Gasteiger partial charge in [0, 0.05) is 0 Å². The molecule has 1 rings (SSSR count). The fourth-order valence-corrected chi connectivity index (χ4v) is 0.658. The molecule has 0 aliphatic heterocycles. The number of rotatable bonds is 1. The average Bonchev–Trinajstić information content (AvgIpc) is 1.95. The molecule has 0 heterocycles. The third kappa shape index (κ3) is 1.58. The largest absolute Gasteiger partial charge is 0.508 e. The van der Waals surface area contributed by atoms with Crippen molar-refractivity contribution in [2.24, 2.45) is 0 Å². The molecule has 0 aliphatic carbocycles. The minimum atomic E-state index is 0.191. The second kappa shape index (κ2) is 3.01. The molecule has 0 atom stereocenters. The van der Waals surface area contributed by atoms with Gasteiger partial charge in [0.2, 0.25) is 0 Å². The highest BCUT2D eigenvalue weighted by molar-refractivity contribution is 5.49. The van der Waals surface area contributed by atoms with Crippen molar-refractivity contribution in [3.8, 4) is 5.75 Å². The first-order valence-corrected chi connectivity index (χ1v) is 2.89. The highest BCUT2D eigenvalue weighted by Gasteiger charge is 1.85. The van der Waals surface area contributed by atoms with Crippen molar-refractivity contribution in [1.82, 2.24) is 0 Å². The summed E-state index contributed by atoms with van der Waals surface area (Å²) in [4.78, 5) is 0. The molecule has 1 nitrogen and oxygen atoms in total. The molecule has 52 valence electrons. The maximum absolute atomic E-state index is 11.5. The van der Waals surface area contributed by atoms with Crippen LogP contribution in [0, 0.1) is 0 Å². The Morgan fingerprint density at radius 1 is 1.20 bits per heavy atom. The molecular formula is C8H7FO. The maximum atomic E-state index is 11.5. The van der Waals surface area contributed by atoms with Crippen LogP contribution in [0.4, 0.5) is 4.39 Å². The lowest BCUT2D eigenvalue weighted by molar-refractivity contribution is 0.475. The van der Waals surface area contributed by atoms with Crippen LogP contribution in [0.1, 0.15) is 5.56 Å². The van der Waals surface area contributed by atoms with Gasteiger partial charge in [0.15, 0.2) is 0 Å². The molecule has 0 spiro atoms. The van der Waals surface area contributed by atoms with E-state index in [9.17, 15) is 4.39 Å². The predicted molar refractivity (Wildman–Crippen MR) is 38.2 cm³/mol. The molecule has 0 saturated carbocycles. The zero-order valence-corrected chi connectivity index (χ0v) is 5.29. The number of phenolic OH excluding ortho intramolecular Hbond substituents is 1. The van der Waals surface area contributed by atoms with Crippen LogP contribution in [-0.2, 0) is 0 Å². The van der Waals surface area contributed by atoms with Gasteiger partial charge in [-0.05, 0) is 23.8 Å². The lowest BCUT2D eigenvalue weighted by Crippen LogP contribution is -1.68. The third-order valence-corrected chi connectivity index (χ3v) is 1.15. The quantitative estimate of drug-likeness (QED) is 0.631. The molecule has 1 aromatic rings. The highest BCUT2D eigenvalue weighted by Crippen LogP contribution is 2.10. The van der Waals surface area contributed by atoms with Crippen LogP contribution in [-0.4, -0.2) is 5.11 Å². The SMILES string of the molecule is Oc1ccc(/C=C\F)cc1. The van der Waals surface area contributed by atoms with E-state index in [2.05, 4.69) is 0 Å². The molecule has 1 aromatic carbocycles. The van der Waals surface area contributed by atoms with Gasteiger partial charge in [-0.1, -0.05) is 12.1 Å². The summed E-state index contributed by atoms with van der Waals surface area (Å²) in [5.41, 5.74) is 0.736. The van der Waals surface area contributed by atoms with Crippen molar-refractivity contribution >= 4 is 6.08 Å². The van der Waals surface area contributed by atoms with Crippen LogP contribution >= 0.6 is 0 Å². The topological polar surface area (TPSA) is 20.2 Å². The number of hydrogen-bond acceptors (Lipinski definition) is 1. The zero-order valence-electron chi connectivity index (χ0n) is 5.29. The Morgan fingerprint density at radius 2 is 1.80 bits per heavy atom. The van der Waals surface area contributed by atoms with Crippen LogP contribution in [0.25, 0.3) is 6.08 Å². The van der Waals surface area contributed by atoms with Crippen LogP contribution < -0.4 is 0 Å². The molecule has 2 heteroatoms. The maximum Gasteiger partial charge on any atom is 0.115 e. The molecule has 0 aliphatic rings. The molecular weight excluding hydrogens is 131 g/mol. The normalized spacial score (nSPS) is 10.5. The van der Waals surface area contributed by atoms with Crippen molar-refractivity contribution in [1.29, 1.82) is 0 Å². The van der Waals surface area contributed by atoms with E-state index in [0.717, 1.165) is 5.56 Å². The van der Waals surface area contributed by atoms with Crippen molar-refractivity contribution in [3.63, 3.8) is 0 Å². The predicted octanol–water partition coefficient (Wildman–Crippen LogP) is 2.33. The summed E-state index contributed by atoms with van der Waals surface area (Å²) in [7, 11) is 0. The number of phenols is 1. The summed E-state index contributed by atoms with van der Waals surface area (Å²) < 4.78 is 11.5. The first kappa shape index (κ1) is 6.81. The van der Waals surface area contributed by atoms with Crippen molar-refractivity contribution in [2.45, 2.75) is 0 Å². The average molecular weight is 138 g/mol. The minimum absolute atomic E-state index is 0.191. The standard InChI is InChI=1S/C8H7FO/c9-6-5-7-1-3-8(10)4-2-7/h1-6,10H/b6-5-.